The fourth-order valence-electron chi connectivity index (χ4n) is 6.09. The molecule has 39 heavy (non-hydrogen) atoms. The van der Waals surface area contributed by atoms with Gasteiger partial charge in [-0.1, -0.05) is 32.4 Å². The summed E-state index contributed by atoms with van der Waals surface area (Å²) in [5, 5.41) is 0. The van der Waals surface area contributed by atoms with Crippen LogP contribution in [-0.4, -0.2) is 66.0 Å². The minimum Gasteiger partial charge on any atom is -0.464 e. The molecule has 2 bridgehead atoms. The smallest absolute Gasteiger partial charge is 0.328 e. The van der Waals surface area contributed by atoms with Crippen LogP contribution in [0.1, 0.15) is 105 Å². The molecule has 220 valence electrons. The first-order valence-electron chi connectivity index (χ1n) is 15.1. The summed E-state index contributed by atoms with van der Waals surface area (Å²) in [6.45, 7) is 10.7. The van der Waals surface area contributed by atoms with Crippen LogP contribution in [0.2, 0.25) is 0 Å². The zero-order chi connectivity index (χ0) is 28.6. The van der Waals surface area contributed by atoms with Gasteiger partial charge >= 0.3 is 5.97 Å². The summed E-state index contributed by atoms with van der Waals surface area (Å²) in [6, 6.07) is -0.805. The number of cyclic esters (lactones) is 1. The van der Waals surface area contributed by atoms with Crippen molar-refractivity contribution >= 4 is 23.4 Å². The van der Waals surface area contributed by atoms with E-state index in [2.05, 4.69) is 13.8 Å². The van der Waals surface area contributed by atoms with Gasteiger partial charge in [-0.05, 0) is 83.5 Å². The van der Waals surface area contributed by atoms with Gasteiger partial charge in [0.1, 0.15) is 11.8 Å². The largest absolute Gasteiger partial charge is 0.464 e. The molecule has 3 rings (SSSR count). The van der Waals surface area contributed by atoms with Gasteiger partial charge in [0, 0.05) is 31.9 Å². The van der Waals surface area contributed by atoms with Gasteiger partial charge in [0.25, 0.3) is 11.7 Å². The highest BCUT2D eigenvalue weighted by Crippen LogP contribution is 2.39. The van der Waals surface area contributed by atoms with E-state index in [-0.39, 0.29) is 36.9 Å². The van der Waals surface area contributed by atoms with Gasteiger partial charge in [0.05, 0.1) is 12.7 Å². The van der Waals surface area contributed by atoms with E-state index in [0.717, 1.165) is 32.1 Å². The molecular formula is C31H49NO7. The van der Waals surface area contributed by atoms with E-state index < -0.39 is 29.5 Å². The average Bonchev–Trinajstić information content (AvgIpc) is 2.92. The third-order valence-electron chi connectivity index (χ3n) is 8.57. The number of amides is 1. The standard InChI is InChI=1S/C31H49NO7/c1-6-38-31-24(5)13-17-26(39-31)16-12-22(3)19-21(2)10-14-25(33)15-11-23(4)20-37-30(36)27-9-7-8-18-32(27)29(35)28(31)34/h10,22-24,26-27H,6-9,11-20H2,1-5H3. The Morgan fingerprint density at radius 2 is 1.72 bits per heavy atom. The second kappa shape index (κ2) is 14.5. The van der Waals surface area contributed by atoms with Gasteiger partial charge in [-0.15, -0.1) is 0 Å². The second-order valence-corrected chi connectivity index (χ2v) is 12.1. The Morgan fingerprint density at radius 1 is 0.974 bits per heavy atom. The first kappa shape index (κ1) is 31.5. The number of allylic oxidation sites excluding steroid dienone is 2. The van der Waals surface area contributed by atoms with Crippen molar-refractivity contribution in [1.29, 1.82) is 0 Å². The van der Waals surface area contributed by atoms with E-state index in [0.29, 0.717) is 51.0 Å². The number of carbonyl (C=O) groups excluding carboxylic acids is 4. The molecule has 0 spiro atoms. The van der Waals surface area contributed by atoms with Crippen molar-refractivity contribution in [2.45, 2.75) is 123 Å². The maximum absolute atomic E-state index is 13.9. The number of rotatable bonds is 2. The molecule has 8 heteroatoms. The summed E-state index contributed by atoms with van der Waals surface area (Å²) in [5.74, 6) is -3.28. The monoisotopic (exact) mass is 547 g/mol. The van der Waals surface area contributed by atoms with Crippen molar-refractivity contribution in [3.63, 3.8) is 0 Å². The van der Waals surface area contributed by atoms with Gasteiger partial charge in [0.15, 0.2) is 0 Å². The van der Waals surface area contributed by atoms with Crippen molar-refractivity contribution < 1.29 is 33.4 Å². The van der Waals surface area contributed by atoms with Gasteiger partial charge in [-0.25, -0.2) is 4.79 Å². The van der Waals surface area contributed by atoms with Crippen molar-refractivity contribution in [3.8, 4) is 0 Å². The second-order valence-electron chi connectivity index (χ2n) is 12.1. The number of carbonyl (C=O) groups is 4. The average molecular weight is 548 g/mol. The van der Waals surface area contributed by atoms with E-state index in [1.54, 1.807) is 6.92 Å². The predicted octanol–water partition coefficient (Wildman–Crippen LogP) is 5.17. The number of piperidine rings is 1. The molecule has 8 nitrogen and oxygen atoms in total. The molecule has 0 aromatic rings. The van der Waals surface area contributed by atoms with Crippen LogP contribution in [0.4, 0.5) is 0 Å². The summed E-state index contributed by atoms with van der Waals surface area (Å²) < 4.78 is 18.1. The Bertz CT molecular complexity index is 915. The highest BCUT2D eigenvalue weighted by molar-refractivity contribution is 6.39. The van der Waals surface area contributed by atoms with E-state index >= 15 is 0 Å². The maximum Gasteiger partial charge on any atom is 0.328 e. The lowest BCUT2D eigenvalue weighted by Gasteiger charge is -2.45. The number of nitrogens with zero attached hydrogens (tertiary/aromatic N) is 1. The SMILES string of the molecule is CCOC12OC(CCC(C)CC(C)=CCC(=O)CCC(C)COC(=O)C3CCCCN3C(=O)C1=O)CCC2C. The summed E-state index contributed by atoms with van der Waals surface area (Å²) in [7, 11) is 0. The lowest BCUT2D eigenvalue weighted by atomic mass is 9.84. The molecule has 6 atom stereocenters. The summed E-state index contributed by atoms with van der Waals surface area (Å²) in [4.78, 5) is 54.6. The first-order valence-corrected chi connectivity index (χ1v) is 15.1. The van der Waals surface area contributed by atoms with Crippen molar-refractivity contribution in [2.75, 3.05) is 19.8 Å². The van der Waals surface area contributed by atoms with Gasteiger partial charge in [-0.3, -0.25) is 14.4 Å². The van der Waals surface area contributed by atoms with Gasteiger partial charge < -0.3 is 19.1 Å². The van der Waals surface area contributed by atoms with Gasteiger partial charge in [0.2, 0.25) is 5.79 Å². The molecule has 2 saturated heterocycles. The fourth-order valence-corrected chi connectivity index (χ4v) is 6.09. The van der Waals surface area contributed by atoms with E-state index in [1.165, 1.54) is 10.5 Å². The number of fused-ring (bicyclic) bond motifs is 3. The zero-order valence-corrected chi connectivity index (χ0v) is 24.7. The van der Waals surface area contributed by atoms with Crippen LogP contribution in [0.25, 0.3) is 0 Å². The maximum atomic E-state index is 13.9. The van der Waals surface area contributed by atoms with Crippen LogP contribution in [0.5, 0.6) is 0 Å². The van der Waals surface area contributed by atoms with E-state index in [1.807, 2.05) is 19.9 Å². The van der Waals surface area contributed by atoms with Crippen LogP contribution in [0.3, 0.4) is 0 Å². The third kappa shape index (κ3) is 8.23. The summed E-state index contributed by atoms with van der Waals surface area (Å²) in [5.41, 5.74) is 1.20. The third-order valence-corrected chi connectivity index (χ3v) is 8.57. The lowest BCUT2D eigenvalue weighted by molar-refractivity contribution is -0.283. The highest BCUT2D eigenvalue weighted by Gasteiger charge is 2.54. The van der Waals surface area contributed by atoms with E-state index in [4.69, 9.17) is 14.2 Å². The molecule has 0 aromatic carbocycles. The van der Waals surface area contributed by atoms with Crippen LogP contribution < -0.4 is 0 Å². The van der Waals surface area contributed by atoms with Gasteiger partial charge in [-0.2, -0.15) is 0 Å². The minimum absolute atomic E-state index is 0.0149. The molecule has 0 radical (unpaired) electrons. The molecule has 6 unspecified atom stereocenters. The van der Waals surface area contributed by atoms with Crippen LogP contribution >= 0.6 is 0 Å². The Hall–Kier alpha value is -2.06. The fraction of sp³-hybridized carbons (Fsp3) is 0.806. The summed E-state index contributed by atoms with van der Waals surface area (Å²) >= 11 is 0. The molecular weight excluding hydrogens is 498 g/mol. The normalized spacial score (nSPS) is 34.9. The highest BCUT2D eigenvalue weighted by atomic mass is 16.7. The topological polar surface area (TPSA) is 99.2 Å². The molecule has 0 saturated carbocycles. The molecule has 2 fully saturated rings. The quantitative estimate of drug-likeness (QED) is 0.267. The van der Waals surface area contributed by atoms with Crippen molar-refractivity contribution in [1.82, 2.24) is 4.90 Å². The van der Waals surface area contributed by atoms with Crippen LogP contribution in [-0.2, 0) is 33.4 Å². The Labute approximate surface area is 234 Å². The minimum atomic E-state index is -1.65. The Balaban J connectivity index is 1.87. The Morgan fingerprint density at radius 3 is 2.46 bits per heavy atom. The van der Waals surface area contributed by atoms with Crippen LogP contribution in [0.15, 0.2) is 11.6 Å². The summed E-state index contributed by atoms with van der Waals surface area (Å²) in [6.07, 6.45) is 9.34. The number of Topliss-reactive ketones (excluding diaryl/α,β-unsaturated/α-hetero) is 2. The molecule has 0 aliphatic carbocycles. The first-order chi connectivity index (χ1) is 18.6. The number of ether oxygens (including phenoxy) is 3. The molecule has 0 aromatic heterocycles. The lowest BCUT2D eigenvalue weighted by Crippen LogP contribution is -2.61. The molecule has 3 aliphatic heterocycles. The van der Waals surface area contributed by atoms with Crippen LogP contribution in [0, 0.1) is 17.8 Å². The number of hydrogen-bond donors (Lipinski definition) is 0. The predicted molar refractivity (Wildman–Crippen MR) is 148 cm³/mol. The number of ketones is 2. The zero-order valence-electron chi connectivity index (χ0n) is 24.7. The molecule has 1 amide bonds. The van der Waals surface area contributed by atoms with Crippen molar-refractivity contribution in [2.24, 2.45) is 17.8 Å². The molecule has 3 heterocycles. The van der Waals surface area contributed by atoms with E-state index in [9.17, 15) is 19.2 Å². The van der Waals surface area contributed by atoms with Crippen molar-refractivity contribution in [3.05, 3.63) is 11.6 Å². The molecule has 3 aliphatic rings. The number of hydrogen-bond acceptors (Lipinski definition) is 7. The number of esters is 1. The molecule has 0 N–H and O–H groups in total. The Kier molecular flexibility index (Phi) is 11.7.